The number of carbonyl (C=O) groups is 2. The van der Waals surface area contributed by atoms with Crippen molar-refractivity contribution in [3.05, 3.63) is 36.4 Å². The number of methoxy groups -OCH3 is 2. The third-order valence-electron chi connectivity index (χ3n) is 3.35. The largest absolute Gasteiger partial charge is 2.00 e. The molecule has 0 heterocycles. The fraction of sp³-hybridized carbons (Fsp3) is 0.222. The van der Waals surface area contributed by atoms with Crippen molar-refractivity contribution in [3.63, 3.8) is 0 Å². The van der Waals surface area contributed by atoms with Gasteiger partial charge in [0.25, 0.3) is 0 Å². The number of hydrogen-bond donors (Lipinski definition) is 0. The van der Waals surface area contributed by atoms with Crippen LogP contribution in [0.4, 0.5) is 0 Å². The molecule has 0 amide bonds. The van der Waals surface area contributed by atoms with Crippen molar-refractivity contribution in [1.29, 1.82) is 0 Å². The van der Waals surface area contributed by atoms with Gasteiger partial charge in [0, 0.05) is 26.0 Å². The molecule has 0 spiro atoms. The van der Waals surface area contributed by atoms with Crippen LogP contribution in [0.25, 0.3) is 0 Å². The van der Waals surface area contributed by atoms with Crippen molar-refractivity contribution >= 4 is 69.9 Å². The number of hydrogen-bond acceptors (Lipinski definition) is 12. The molecule has 0 saturated carbocycles. The van der Waals surface area contributed by atoms with Gasteiger partial charge in [0.1, 0.15) is 20.2 Å². The van der Waals surface area contributed by atoms with E-state index in [-0.39, 0.29) is 60.7 Å². The first-order valence-electron chi connectivity index (χ1n) is 8.33. The van der Waals surface area contributed by atoms with Gasteiger partial charge < -0.3 is 28.1 Å². The SMILES string of the molecule is COc1ccc(S(=O)(=O)[O-])cc1OC(C)=O.COc1ccc(S(=O)(=O)[O-])cc1OC(C)=O.[Ca+2]. The number of benzene rings is 2. The number of rotatable bonds is 6. The molecule has 0 aliphatic carbocycles. The Kier molecular flexibility index (Phi) is 12.3. The van der Waals surface area contributed by atoms with Crippen LogP contribution in [0.3, 0.4) is 0 Å². The maximum Gasteiger partial charge on any atom is 2.00 e. The van der Waals surface area contributed by atoms with Crippen LogP contribution in [-0.2, 0) is 29.8 Å². The molecule has 2 aromatic rings. The molecule has 0 N–H and O–H groups in total. The van der Waals surface area contributed by atoms with E-state index in [0.717, 1.165) is 38.1 Å². The average Bonchev–Trinajstić information content (AvgIpc) is 2.66. The zero-order chi connectivity index (χ0) is 24.7. The average molecular weight is 531 g/mol. The summed E-state index contributed by atoms with van der Waals surface area (Å²) in [5.41, 5.74) is 0. The van der Waals surface area contributed by atoms with Crippen LogP contribution in [0.2, 0.25) is 0 Å². The van der Waals surface area contributed by atoms with Gasteiger partial charge >= 0.3 is 49.7 Å². The van der Waals surface area contributed by atoms with Crippen LogP contribution in [0.5, 0.6) is 23.0 Å². The molecule has 0 saturated heterocycles. The minimum Gasteiger partial charge on any atom is -0.744 e. The van der Waals surface area contributed by atoms with Crippen molar-refractivity contribution < 1.29 is 54.5 Å². The van der Waals surface area contributed by atoms with Crippen LogP contribution in [0.15, 0.2) is 46.2 Å². The fourth-order valence-electron chi connectivity index (χ4n) is 2.09. The molecule has 0 aliphatic rings. The molecule has 0 atom stereocenters. The van der Waals surface area contributed by atoms with Gasteiger partial charge in [-0.1, -0.05) is 0 Å². The Morgan fingerprint density at radius 1 is 0.667 bits per heavy atom. The summed E-state index contributed by atoms with van der Waals surface area (Å²) in [5, 5.41) is 0. The Hall–Kier alpha value is -1.94. The molecular weight excluding hydrogens is 512 g/mol. The molecule has 0 radical (unpaired) electrons. The Balaban J connectivity index is 0.000000602. The van der Waals surface area contributed by atoms with E-state index in [1.54, 1.807) is 0 Å². The Bertz CT molecular complexity index is 1110. The monoisotopic (exact) mass is 530 g/mol. The third-order valence-corrected chi connectivity index (χ3v) is 5.02. The molecule has 0 unspecified atom stereocenters. The summed E-state index contributed by atoms with van der Waals surface area (Å²) >= 11 is 0. The van der Waals surface area contributed by atoms with E-state index < -0.39 is 42.0 Å². The van der Waals surface area contributed by atoms with E-state index in [2.05, 4.69) is 0 Å². The first kappa shape index (κ1) is 31.1. The van der Waals surface area contributed by atoms with Gasteiger partial charge in [-0.05, 0) is 24.3 Å². The molecule has 0 fully saturated rings. The maximum absolute atomic E-state index is 10.7. The molecule has 0 aromatic heterocycles. The van der Waals surface area contributed by atoms with E-state index in [4.69, 9.17) is 18.9 Å². The second kappa shape index (κ2) is 13.1. The molecule has 0 aliphatic heterocycles. The van der Waals surface area contributed by atoms with Gasteiger partial charge in [0.05, 0.1) is 24.0 Å². The Labute approximate surface area is 220 Å². The van der Waals surface area contributed by atoms with Crippen molar-refractivity contribution in [2.45, 2.75) is 23.6 Å². The second-order valence-electron chi connectivity index (χ2n) is 5.72. The molecule has 12 nitrogen and oxygen atoms in total. The van der Waals surface area contributed by atoms with Crippen LogP contribution in [0, 0.1) is 0 Å². The van der Waals surface area contributed by atoms with E-state index in [1.165, 1.54) is 26.4 Å². The van der Waals surface area contributed by atoms with Gasteiger partial charge in [0.2, 0.25) is 0 Å². The minimum absolute atomic E-state index is 0. The summed E-state index contributed by atoms with van der Waals surface area (Å²) in [6.45, 7) is 2.30. The van der Waals surface area contributed by atoms with Gasteiger partial charge in [-0.3, -0.25) is 9.59 Å². The zero-order valence-electron chi connectivity index (χ0n) is 17.9. The van der Waals surface area contributed by atoms with E-state index in [1.807, 2.05) is 0 Å². The van der Waals surface area contributed by atoms with E-state index >= 15 is 0 Å². The van der Waals surface area contributed by atoms with Crippen LogP contribution >= 0.6 is 0 Å². The predicted molar refractivity (Wildman–Crippen MR) is 110 cm³/mol. The van der Waals surface area contributed by atoms with Crippen LogP contribution in [0.1, 0.15) is 13.8 Å². The summed E-state index contributed by atoms with van der Waals surface area (Å²) < 4.78 is 83.5. The predicted octanol–water partition coefficient (Wildman–Crippen LogP) is 0.668. The molecule has 2 rings (SSSR count). The van der Waals surface area contributed by atoms with Crippen molar-refractivity contribution in [2.75, 3.05) is 14.2 Å². The van der Waals surface area contributed by atoms with Gasteiger partial charge in [-0.25, -0.2) is 16.8 Å². The van der Waals surface area contributed by atoms with E-state index in [9.17, 15) is 35.5 Å². The maximum atomic E-state index is 10.7. The smallest absolute Gasteiger partial charge is 0.744 e. The first-order chi connectivity index (χ1) is 14.7. The fourth-order valence-corrected chi connectivity index (χ4v) is 3.07. The van der Waals surface area contributed by atoms with E-state index in [0.29, 0.717) is 0 Å². The zero-order valence-corrected chi connectivity index (χ0v) is 21.7. The van der Waals surface area contributed by atoms with Crippen LogP contribution < -0.4 is 18.9 Å². The molecule has 2 aromatic carbocycles. The first-order valence-corrected chi connectivity index (χ1v) is 11.2. The van der Waals surface area contributed by atoms with Crippen molar-refractivity contribution in [3.8, 4) is 23.0 Å². The molecule has 0 bridgehead atoms. The Morgan fingerprint density at radius 2 is 0.970 bits per heavy atom. The molecule has 33 heavy (non-hydrogen) atoms. The van der Waals surface area contributed by atoms with Crippen LogP contribution in [-0.4, -0.2) is 89.8 Å². The third kappa shape index (κ3) is 10.2. The minimum atomic E-state index is -4.58. The molecule has 15 heteroatoms. The Morgan fingerprint density at radius 3 is 1.18 bits per heavy atom. The summed E-state index contributed by atoms with van der Waals surface area (Å²) in [5.74, 6) is -1.15. The summed E-state index contributed by atoms with van der Waals surface area (Å²) in [4.78, 5) is 20.5. The number of carbonyl (C=O) groups excluding carboxylic acids is 2. The van der Waals surface area contributed by atoms with Crippen molar-refractivity contribution in [1.82, 2.24) is 0 Å². The van der Waals surface area contributed by atoms with Gasteiger partial charge in [0.15, 0.2) is 23.0 Å². The molecular formula is C18H18CaO12S2. The molecule has 176 valence electrons. The summed E-state index contributed by atoms with van der Waals surface area (Å²) in [6.07, 6.45) is 0. The normalized spacial score (nSPS) is 10.6. The number of ether oxygens (including phenoxy) is 4. The van der Waals surface area contributed by atoms with Gasteiger partial charge in [-0.2, -0.15) is 0 Å². The second-order valence-corrected chi connectivity index (χ2v) is 8.48. The topological polar surface area (TPSA) is 185 Å². The number of esters is 2. The summed E-state index contributed by atoms with van der Waals surface area (Å²) in [7, 11) is -6.51. The quantitative estimate of drug-likeness (QED) is 0.220. The standard InChI is InChI=1S/2C9H10O6S.Ca/c2*1-6(10)15-9-5-7(16(11,12)13)3-4-8(9)14-2;/h2*3-5H,1-2H3,(H,11,12,13);/q;;+2/p-2. The van der Waals surface area contributed by atoms with Gasteiger partial charge in [-0.15, -0.1) is 0 Å². The van der Waals surface area contributed by atoms with Crippen molar-refractivity contribution in [2.24, 2.45) is 0 Å². The summed E-state index contributed by atoms with van der Waals surface area (Å²) in [6, 6.07) is 6.53.